The van der Waals surface area contributed by atoms with E-state index >= 15 is 0 Å². The Balaban J connectivity index is 2.81. The number of hydrogen-bond acceptors (Lipinski definition) is 3. The van der Waals surface area contributed by atoms with E-state index in [-0.39, 0.29) is 5.11 Å². The maximum absolute atomic E-state index is 10.8. The molecular formula is C10H13N2O2S+. The molecule has 0 bridgehead atoms. The summed E-state index contributed by atoms with van der Waals surface area (Å²) < 4.78 is 6.37. The van der Waals surface area contributed by atoms with Gasteiger partial charge in [-0.1, -0.05) is 0 Å². The smallest absolute Gasteiger partial charge is 0.362 e. The Morgan fingerprint density at radius 2 is 2.27 bits per heavy atom. The van der Waals surface area contributed by atoms with Crippen molar-refractivity contribution in [2.45, 2.75) is 26.3 Å². The molecule has 0 aliphatic carbocycles. The molecule has 5 heteroatoms. The van der Waals surface area contributed by atoms with Crippen LogP contribution in [0.3, 0.4) is 0 Å². The van der Waals surface area contributed by atoms with Crippen molar-refractivity contribution in [3.63, 3.8) is 0 Å². The predicted molar refractivity (Wildman–Crippen MR) is 60.6 cm³/mol. The first-order chi connectivity index (χ1) is 6.95. The van der Waals surface area contributed by atoms with Gasteiger partial charge >= 0.3 is 11.2 Å². The lowest BCUT2D eigenvalue weighted by molar-refractivity contribution is -0.484. The largest absolute Gasteiger partial charge is 0.431 e. The number of hydrogen-bond donors (Lipinski definition) is 1. The highest BCUT2D eigenvalue weighted by atomic mass is 32.1. The van der Waals surface area contributed by atoms with Crippen LogP contribution in [-0.2, 0) is 4.79 Å². The SMILES string of the molecule is CC(C)(C)[N+](=C=O)C(=S)Nc1ccco1. The number of thiocarbonyl (C=S) groups is 1. The van der Waals surface area contributed by atoms with Crippen LogP contribution in [0.2, 0.25) is 0 Å². The van der Waals surface area contributed by atoms with Crippen molar-refractivity contribution in [1.82, 2.24) is 0 Å². The van der Waals surface area contributed by atoms with E-state index in [0.717, 1.165) is 0 Å². The third-order valence-corrected chi connectivity index (χ3v) is 2.00. The van der Waals surface area contributed by atoms with E-state index < -0.39 is 5.54 Å². The van der Waals surface area contributed by atoms with Gasteiger partial charge in [0.15, 0.2) is 0 Å². The van der Waals surface area contributed by atoms with Gasteiger partial charge in [0.25, 0.3) is 5.88 Å². The molecule has 0 saturated carbocycles. The summed E-state index contributed by atoms with van der Waals surface area (Å²) in [6.45, 7) is 5.61. The second-order valence-corrected chi connectivity index (χ2v) is 4.39. The summed E-state index contributed by atoms with van der Waals surface area (Å²) >= 11 is 5.06. The number of furan rings is 1. The van der Waals surface area contributed by atoms with Gasteiger partial charge in [0.05, 0.1) is 6.26 Å². The Bertz CT molecular complexity index is 398. The van der Waals surface area contributed by atoms with Crippen LogP contribution in [0.25, 0.3) is 0 Å². The van der Waals surface area contributed by atoms with Gasteiger partial charge in [-0.3, -0.25) is 0 Å². The van der Waals surface area contributed by atoms with Crippen molar-refractivity contribution in [2.24, 2.45) is 0 Å². The third kappa shape index (κ3) is 3.01. The topological polar surface area (TPSA) is 45.2 Å². The second kappa shape index (κ2) is 4.38. The van der Waals surface area contributed by atoms with Crippen LogP contribution in [0, 0.1) is 0 Å². The van der Waals surface area contributed by atoms with Crippen molar-refractivity contribution in [2.75, 3.05) is 5.32 Å². The van der Waals surface area contributed by atoms with Gasteiger partial charge in [-0.05, 0) is 26.8 Å². The molecule has 1 aromatic rings. The van der Waals surface area contributed by atoms with E-state index in [0.29, 0.717) is 5.88 Å². The number of isocyanates is 1. The molecule has 0 amide bonds. The molecule has 0 atom stereocenters. The fourth-order valence-electron chi connectivity index (χ4n) is 0.994. The van der Waals surface area contributed by atoms with Gasteiger partial charge in [0, 0.05) is 18.3 Å². The molecule has 0 aliphatic rings. The molecule has 0 spiro atoms. The lowest BCUT2D eigenvalue weighted by Gasteiger charge is -2.16. The highest BCUT2D eigenvalue weighted by Gasteiger charge is 2.27. The van der Waals surface area contributed by atoms with Gasteiger partial charge < -0.3 is 4.42 Å². The summed E-state index contributed by atoms with van der Waals surface area (Å²) in [6.07, 6.45) is 3.32. The van der Waals surface area contributed by atoms with Gasteiger partial charge in [-0.15, -0.1) is 4.58 Å². The molecule has 80 valence electrons. The quantitative estimate of drug-likeness (QED) is 0.344. The van der Waals surface area contributed by atoms with Crippen LogP contribution < -0.4 is 5.32 Å². The average molecular weight is 225 g/mol. The van der Waals surface area contributed by atoms with Crippen molar-refractivity contribution in [1.29, 1.82) is 0 Å². The summed E-state index contributed by atoms with van der Waals surface area (Å²) in [5.41, 5.74) is -0.404. The standard InChI is InChI=1S/C10H12N2O2S/c1-10(2,3)12(7-13)9(15)11-8-5-4-6-14-8/h4-6H,1-3H3/p+1. The first-order valence-electron chi connectivity index (χ1n) is 4.47. The fourth-order valence-corrected chi connectivity index (χ4v) is 1.41. The van der Waals surface area contributed by atoms with Crippen molar-refractivity contribution >= 4 is 29.3 Å². The number of anilines is 1. The summed E-state index contributed by atoms with van der Waals surface area (Å²) in [5.74, 6) is 0.504. The van der Waals surface area contributed by atoms with E-state index in [9.17, 15) is 4.79 Å². The van der Waals surface area contributed by atoms with Crippen molar-refractivity contribution in [3.8, 4) is 0 Å². The molecule has 1 aromatic heterocycles. The zero-order valence-corrected chi connectivity index (χ0v) is 9.72. The van der Waals surface area contributed by atoms with E-state index in [1.165, 1.54) is 10.8 Å². The predicted octanol–water partition coefficient (Wildman–Crippen LogP) is 2.12. The Hall–Kier alpha value is -1.45. The first kappa shape index (κ1) is 11.6. The molecule has 1 N–H and O–H groups in total. The Morgan fingerprint density at radius 1 is 1.60 bits per heavy atom. The maximum Gasteiger partial charge on any atom is 0.362 e. The second-order valence-electron chi connectivity index (χ2n) is 4.00. The minimum atomic E-state index is -0.404. The van der Waals surface area contributed by atoms with Crippen LogP contribution >= 0.6 is 12.2 Å². The Morgan fingerprint density at radius 3 is 2.67 bits per heavy atom. The van der Waals surface area contributed by atoms with E-state index in [1.807, 2.05) is 20.8 Å². The van der Waals surface area contributed by atoms with Crippen molar-refractivity contribution < 1.29 is 13.8 Å². The third-order valence-electron chi connectivity index (χ3n) is 1.72. The van der Waals surface area contributed by atoms with Gasteiger partial charge in [0.1, 0.15) is 5.54 Å². The zero-order valence-electron chi connectivity index (χ0n) is 8.90. The van der Waals surface area contributed by atoms with Crippen LogP contribution in [0.5, 0.6) is 0 Å². The summed E-state index contributed by atoms with van der Waals surface area (Å²) in [5, 5.41) is 3.08. The fraction of sp³-hybridized carbons (Fsp3) is 0.400. The molecule has 1 rings (SSSR count). The highest BCUT2D eigenvalue weighted by Crippen LogP contribution is 2.11. The van der Waals surface area contributed by atoms with E-state index in [4.69, 9.17) is 16.6 Å². The van der Waals surface area contributed by atoms with E-state index in [1.54, 1.807) is 18.2 Å². The van der Waals surface area contributed by atoms with Crippen LogP contribution in [0.15, 0.2) is 22.8 Å². The minimum Gasteiger partial charge on any atom is -0.431 e. The molecule has 0 aromatic carbocycles. The van der Waals surface area contributed by atoms with Gasteiger partial charge in [-0.25, -0.2) is 0 Å². The zero-order chi connectivity index (χ0) is 11.5. The normalized spacial score (nSPS) is 10.6. The molecule has 0 aliphatic heterocycles. The molecule has 15 heavy (non-hydrogen) atoms. The molecular weight excluding hydrogens is 212 g/mol. The van der Waals surface area contributed by atoms with E-state index in [2.05, 4.69) is 5.32 Å². The molecule has 4 nitrogen and oxygen atoms in total. The van der Waals surface area contributed by atoms with Crippen LogP contribution in [0.1, 0.15) is 20.8 Å². The molecule has 0 fully saturated rings. The monoisotopic (exact) mass is 225 g/mol. The van der Waals surface area contributed by atoms with Crippen molar-refractivity contribution in [3.05, 3.63) is 18.4 Å². The minimum absolute atomic E-state index is 0.271. The lowest BCUT2D eigenvalue weighted by Crippen LogP contribution is -2.39. The first-order valence-corrected chi connectivity index (χ1v) is 4.88. The lowest BCUT2D eigenvalue weighted by atomic mass is 10.1. The number of rotatable bonds is 1. The Kier molecular flexibility index (Phi) is 3.39. The summed E-state index contributed by atoms with van der Waals surface area (Å²) in [4.78, 5) is 10.8. The van der Waals surface area contributed by atoms with Crippen LogP contribution in [-0.4, -0.2) is 21.3 Å². The molecule has 0 radical (unpaired) electrons. The van der Waals surface area contributed by atoms with Gasteiger partial charge in [0.2, 0.25) is 0 Å². The maximum atomic E-state index is 10.8. The summed E-state index contributed by atoms with van der Waals surface area (Å²) in [7, 11) is 0. The van der Waals surface area contributed by atoms with Crippen LogP contribution in [0.4, 0.5) is 5.88 Å². The number of nitrogens with zero attached hydrogens (tertiary/aromatic N) is 1. The number of carbonyl (C=O) groups excluding carboxylic acids is 1. The Labute approximate surface area is 93.6 Å². The number of nitrogens with one attached hydrogen (secondary N) is 1. The molecule has 0 saturated heterocycles. The average Bonchev–Trinajstić information content (AvgIpc) is 2.54. The molecule has 1 heterocycles. The highest BCUT2D eigenvalue weighted by molar-refractivity contribution is 7.80. The van der Waals surface area contributed by atoms with Gasteiger partial charge in [-0.2, -0.15) is 10.1 Å². The molecule has 0 unspecified atom stereocenters. The summed E-state index contributed by atoms with van der Waals surface area (Å²) in [6, 6.07) is 3.45.